The van der Waals surface area contributed by atoms with Gasteiger partial charge in [0.25, 0.3) is 0 Å². The highest BCUT2D eigenvalue weighted by atomic mass is 14.4. The van der Waals surface area contributed by atoms with E-state index in [2.05, 4.69) is 64.1 Å². The fourth-order valence-corrected chi connectivity index (χ4v) is 2.68. The number of rotatable bonds is 2. The van der Waals surface area contributed by atoms with Crippen molar-refractivity contribution in [3.63, 3.8) is 0 Å². The molecule has 2 rings (SSSR count). The third kappa shape index (κ3) is 1.53. The van der Waals surface area contributed by atoms with Crippen LogP contribution < -0.4 is 0 Å². The summed E-state index contributed by atoms with van der Waals surface area (Å²) >= 11 is 0. The van der Waals surface area contributed by atoms with Gasteiger partial charge in [0, 0.05) is 5.41 Å². The Morgan fingerprint density at radius 3 is 2.50 bits per heavy atom. The first-order valence-corrected chi connectivity index (χ1v) is 6.06. The van der Waals surface area contributed by atoms with Gasteiger partial charge in [0.2, 0.25) is 0 Å². The average Bonchev–Trinajstić information content (AvgIpc) is 2.46. The molecule has 1 aliphatic rings. The molecule has 1 aromatic rings. The predicted octanol–water partition coefficient (Wildman–Crippen LogP) is 4.72. The Kier molecular flexibility index (Phi) is 2.75. The number of hydrogen-bond donors (Lipinski definition) is 0. The number of hydrogen-bond acceptors (Lipinski definition) is 0. The molecule has 0 saturated heterocycles. The van der Waals surface area contributed by atoms with Crippen molar-refractivity contribution in [2.45, 2.75) is 39.5 Å². The molecule has 0 saturated carbocycles. The summed E-state index contributed by atoms with van der Waals surface area (Å²) in [5.74, 6) is 0. The van der Waals surface area contributed by atoms with Crippen LogP contribution in [0.4, 0.5) is 0 Å². The fraction of sp³-hybridized carbons (Fsp3) is 0.375. The standard InChI is InChI=1S/C16H20/c1-5-6-10-14-12(2)13-9-7-8-11-15(13)16(14,3)4/h6-11H,5H2,1-4H3. The second-order valence-corrected chi connectivity index (χ2v) is 5.02. The lowest BCUT2D eigenvalue weighted by Gasteiger charge is -2.22. The van der Waals surface area contributed by atoms with Crippen LogP contribution in [0.25, 0.3) is 5.57 Å². The molecular formula is C16H20. The molecule has 0 amide bonds. The first-order valence-electron chi connectivity index (χ1n) is 6.06. The zero-order valence-corrected chi connectivity index (χ0v) is 10.7. The van der Waals surface area contributed by atoms with Crippen LogP contribution in [0.1, 0.15) is 45.2 Å². The molecule has 0 spiro atoms. The third-order valence-electron chi connectivity index (χ3n) is 3.60. The van der Waals surface area contributed by atoms with Gasteiger partial charge in [0.05, 0.1) is 0 Å². The first kappa shape index (κ1) is 11.2. The Morgan fingerprint density at radius 2 is 1.88 bits per heavy atom. The summed E-state index contributed by atoms with van der Waals surface area (Å²) in [5.41, 5.74) is 5.94. The molecular weight excluding hydrogens is 192 g/mol. The Bertz CT molecular complexity index is 459. The summed E-state index contributed by atoms with van der Waals surface area (Å²) < 4.78 is 0. The van der Waals surface area contributed by atoms with Gasteiger partial charge in [-0.3, -0.25) is 0 Å². The van der Waals surface area contributed by atoms with E-state index in [0.29, 0.717) is 0 Å². The van der Waals surface area contributed by atoms with E-state index in [-0.39, 0.29) is 5.41 Å². The molecule has 0 bridgehead atoms. The Balaban J connectivity index is 2.57. The lowest BCUT2D eigenvalue weighted by atomic mass is 9.81. The zero-order chi connectivity index (χ0) is 11.8. The summed E-state index contributed by atoms with van der Waals surface area (Å²) in [6.45, 7) is 9.06. The lowest BCUT2D eigenvalue weighted by molar-refractivity contribution is 0.653. The van der Waals surface area contributed by atoms with E-state index in [1.165, 1.54) is 22.3 Å². The van der Waals surface area contributed by atoms with E-state index in [0.717, 1.165) is 6.42 Å². The van der Waals surface area contributed by atoms with Crippen molar-refractivity contribution in [1.82, 2.24) is 0 Å². The van der Waals surface area contributed by atoms with E-state index in [1.54, 1.807) is 0 Å². The van der Waals surface area contributed by atoms with Crippen LogP contribution in [0, 0.1) is 0 Å². The minimum atomic E-state index is 0.159. The molecule has 0 radical (unpaired) electrons. The zero-order valence-electron chi connectivity index (χ0n) is 10.7. The quantitative estimate of drug-likeness (QED) is 0.665. The molecule has 0 fully saturated rings. The molecule has 0 heteroatoms. The van der Waals surface area contributed by atoms with Crippen LogP contribution in [0.3, 0.4) is 0 Å². The fourth-order valence-electron chi connectivity index (χ4n) is 2.68. The van der Waals surface area contributed by atoms with Crippen molar-refractivity contribution < 1.29 is 0 Å². The first-order chi connectivity index (χ1) is 7.59. The van der Waals surface area contributed by atoms with E-state index in [4.69, 9.17) is 0 Å². The predicted molar refractivity (Wildman–Crippen MR) is 71.5 cm³/mol. The van der Waals surface area contributed by atoms with Crippen molar-refractivity contribution in [2.75, 3.05) is 0 Å². The third-order valence-corrected chi connectivity index (χ3v) is 3.60. The van der Waals surface area contributed by atoms with Crippen molar-refractivity contribution in [3.8, 4) is 0 Å². The molecule has 0 atom stereocenters. The van der Waals surface area contributed by atoms with E-state index in [9.17, 15) is 0 Å². The highest BCUT2D eigenvalue weighted by Gasteiger charge is 2.33. The number of allylic oxidation sites excluding steroid dienone is 4. The summed E-state index contributed by atoms with van der Waals surface area (Å²) in [7, 11) is 0. The van der Waals surface area contributed by atoms with E-state index >= 15 is 0 Å². The Morgan fingerprint density at radius 1 is 1.19 bits per heavy atom. The van der Waals surface area contributed by atoms with Crippen molar-refractivity contribution in [1.29, 1.82) is 0 Å². The maximum Gasteiger partial charge on any atom is 0.0155 e. The van der Waals surface area contributed by atoms with Crippen LogP contribution in [0.5, 0.6) is 0 Å². The number of benzene rings is 1. The SMILES string of the molecule is CCC=CC1=C(C)c2ccccc2C1(C)C. The van der Waals surface area contributed by atoms with Gasteiger partial charge >= 0.3 is 0 Å². The average molecular weight is 212 g/mol. The normalized spacial score (nSPS) is 18.2. The van der Waals surface area contributed by atoms with E-state index in [1.807, 2.05) is 0 Å². The van der Waals surface area contributed by atoms with Crippen molar-refractivity contribution in [2.24, 2.45) is 0 Å². The minimum Gasteiger partial charge on any atom is -0.0845 e. The van der Waals surface area contributed by atoms with Gasteiger partial charge in [0.1, 0.15) is 0 Å². The molecule has 16 heavy (non-hydrogen) atoms. The number of fused-ring (bicyclic) bond motifs is 1. The second kappa shape index (κ2) is 3.93. The van der Waals surface area contributed by atoms with Crippen molar-refractivity contribution >= 4 is 5.57 Å². The summed E-state index contributed by atoms with van der Waals surface area (Å²) in [4.78, 5) is 0. The second-order valence-electron chi connectivity index (χ2n) is 5.02. The molecule has 0 nitrogen and oxygen atoms in total. The van der Waals surface area contributed by atoms with Crippen molar-refractivity contribution in [3.05, 3.63) is 53.1 Å². The molecule has 0 heterocycles. The van der Waals surface area contributed by atoms with E-state index < -0.39 is 0 Å². The summed E-state index contributed by atoms with van der Waals surface area (Å²) in [5, 5.41) is 0. The summed E-state index contributed by atoms with van der Waals surface area (Å²) in [6, 6.07) is 8.76. The molecule has 0 unspecified atom stereocenters. The monoisotopic (exact) mass is 212 g/mol. The maximum absolute atomic E-state index is 2.32. The molecule has 0 aromatic heterocycles. The highest BCUT2D eigenvalue weighted by Crippen LogP contribution is 2.46. The largest absolute Gasteiger partial charge is 0.0845 e. The lowest BCUT2D eigenvalue weighted by Crippen LogP contribution is -2.15. The van der Waals surface area contributed by atoms with Crippen LogP contribution >= 0.6 is 0 Å². The minimum absolute atomic E-state index is 0.159. The Labute approximate surface area is 98.7 Å². The Hall–Kier alpha value is -1.30. The highest BCUT2D eigenvalue weighted by molar-refractivity contribution is 5.80. The molecule has 0 N–H and O–H groups in total. The van der Waals surface area contributed by atoms with Gasteiger partial charge in [0.15, 0.2) is 0 Å². The van der Waals surface area contributed by atoms with Crippen LogP contribution in [-0.2, 0) is 5.41 Å². The summed E-state index contributed by atoms with van der Waals surface area (Å²) in [6.07, 6.45) is 5.66. The van der Waals surface area contributed by atoms with Crippen LogP contribution in [0.2, 0.25) is 0 Å². The molecule has 1 aliphatic carbocycles. The van der Waals surface area contributed by atoms with Gasteiger partial charge in [-0.15, -0.1) is 0 Å². The van der Waals surface area contributed by atoms with Gasteiger partial charge in [-0.25, -0.2) is 0 Å². The maximum atomic E-state index is 2.32. The topological polar surface area (TPSA) is 0 Å². The molecule has 84 valence electrons. The van der Waals surface area contributed by atoms with Gasteiger partial charge in [-0.1, -0.05) is 57.2 Å². The van der Waals surface area contributed by atoms with Gasteiger partial charge < -0.3 is 0 Å². The van der Waals surface area contributed by atoms with Crippen LogP contribution in [-0.4, -0.2) is 0 Å². The molecule has 1 aromatic carbocycles. The van der Waals surface area contributed by atoms with Crippen LogP contribution in [0.15, 0.2) is 42.0 Å². The van der Waals surface area contributed by atoms with Gasteiger partial charge in [-0.2, -0.15) is 0 Å². The molecule has 0 aliphatic heterocycles. The smallest absolute Gasteiger partial charge is 0.0155 e. The van der Waals surface area contributed by atoms with Gasteiger partial charge in [-0.05, 0) is 35.6 Å².